The Morgan fingerprint density at radius 1 is 1.05 bits per heavy atom. The van der Waals surface area contributed by atoms with Crippen molar-refractivity contribution in [1.82, 2.24) is 0 Å². The van der Waals surface area contributed by atoms with Crippen LogP contribution in [0.3, 0.4) is 0 Å². The summed E-state index contributed by atoms with van der Waals surface area (Å²) < 4.78 is 39.0. The van der Waals surface area contributed by atoms with Crippen molar-refractivity contribution in [2.24, 2.45) is 0 Å². The maximum absolute atomic E-state index is 13.1. The van der Waals surface area contributed by atoms with Gasteiger partial charge in [0.15, 0.2) is 17.5 Å². The van der Waals surface area contributed by atoms with E-state index in [9.17, 15) is 18.0 Å². The third kappa shape index (κ3) is 3.22. The SMILES string of the molecule is Nc1cc(Cl)c(Cl)c(C(=O)Nc2cc(F)c(F)c(F)c2)c1. The monoisotopic (exact) mass is 334 g/mol. The molecule has 0 aliphatic carbocycles. The Kier molecular flexibility index (Phi) is 4.29. The number of nitrogens with one attached hydrogen (secondary N) is 1. The van der Waals surface area contributed by atoms with Crippen LogP contribution in [0.4, 0.5) is 24.5 Å². The lowest BCUT2D eigenvalue weighted by molar-refractivity contribution is 0.102. The first-order valence-corrected chi connectivity index (χ1v) is 6.25. The van der Waals surface area contributed by atoms with Crippen LogP contribution in [0.25, 0.3) is 0 Å². The van der Waals surface area contributed by atoms with Gasteiger partial charge in [-0.3, -0.25) is 4.79 Å². The van der Waals surface area contributed by atoms with Gasteiger partial charge >= 0.3 is 0 Å². The largest absolute Gasteiger partial charge is 0.399 e. The quantitative estimate of drug-likeness (QED) is 0.637. The molecule has 0 aliphatic rings. The van der Waals surface area contributed by atoms with Crippen LogP contribution in [0, 0.1) is 17.5 Å². The molecule has 0 fully saturated rings. The number of anilines is 2. The van der Waals surface area contributed by atoms with Crippen LogP contribution in [0.15, 0.2) is 24.3 Å². The molecule has 2 rings (SSSR count). The van der Waals surface area contributed by atoms with Gasteiger partial charge in [0, 0.05) is 23.5 Å². The molecule has 0 saturated carbocycles. The number of hydrogen-bond donors (Lipinski definition) is 2. The van der Waals surface area contributed by atoms with E-state index < -0.39 is 23.4 Å². The van der Waals surface area contributed by atoms with Crippen molar-refractivity contribution in [2.75, 3.05) is 11.1 Å². The van der Waals surface area contributed by atoms with Crippen molar-refractivity contribution in [1.29, 1.82) is 0 Å². The lowest BCUT2D eigenvalue weighted by Gasteiger charge is -2.09. The maximum Gasteiger partial charge on any atom is 0.257 e. The predicted octanol–water partition coefficient (Wildman–Crippen LogP) is 4.25. The molecular formula is C13H7Cl2F3N2O. The molecule has 0 bridgehead atoms. The van der Waals surface area contributed by atoms with Gasteiger partial charge in [-0.25, -0.2) is 13.2 Å². The maximum atomic E-state index is 13.1. The van der Waals surface area contributed by atoms with Crippen molar-refractivity contribution in [3.8, 4) is 0 Å². The van der Waals surface area contributed by atoms with Gasteiger partial charge < -0.3 is 11.1 Å². The average Bonchev–Trinajstić information content (AvgIpc) is 2.39. The highest BCUT2D eigenvalue weighted by molar-refractivity contribution is 6.44. The molecule has 0 spiro atoms. The van der Waals surface area contributed by atoms with Crippen molar-refractivity contribution in [3.05, 3.63) is 57.3 Å². The van der Waals surface area contributed by atoms with Crippen LogP contribution in [0.1, 0.15) is 10.4 Å². The van der Waals surface area contributed by atoms with Gasteiger partial charge in [-0.05, 0) is 12.1 Å². The minimum absolute atomic E-state index is 0.0540. The van der Waals surface area contributed by atoms with E-state index in [1.54, 1.807) is 0 Å². The number of rotatable bonds is 2. The van der Waals surface area contributed by atoms with Crippen LogP contribution >= 0.6 is 23.2 Å². The Hall–Kier alpha value is -1.92. The molecule has 0 atom stereocenters. The molecule has 8 heteroatoms. The molecule has 0 unspecified atom stereocenters. The van der Waals surface area contributed by atoms with Gasteiger partial charge in [0.2, 0.25) is 0 Å². The van der Waals surface area contributed by atoms with Gasteiger partial charge in [-0.2, -0.15) is 0 Å². The fraction of sp³-hybridized carbons (Fsp3) is 0. The smallest absolute Gasteiger partial charge is 0.257 e. The topological polar surface area (TPSA) is 55.1 Å². The molecule has 110 valence electrons. The zero-order chi connectivity index (χ0) is 15.7. The van der Waals surface area contributed by atoms with E-state index in [0.717, 1.165) is 0 Å². The Morgan fingerprint density at radius 3 is 2.19 bits per heavy atom. The summed E-state index contributed by atoms with van der Waals surface area (Å²) in [5, 5.41) is 2.17. The summed E-state index contributed by atoms with van der Waals surface area (Å²) >= 11 is 11.6. The number of nitrogens with two attached hydrogens (primary N) is 1. The van der Waals surface area contributed by atoms with Crippen molar-refractivity contribution < 1.29 is 18.0 Å². The van der Waals surface area contributed by atoms with Gasteiger partial charge in [-0.1, -0.05) is 23.2 Å². The number of benzene rings is 2. The van der Waals surface area contributed by atoms with E-state index in [0.29, 0.717) is 12.1 Å². The van der Waals surface area contributed by atoms with E-state index in [1.807, 2.05) is 0 Å². The van der Waals surface area contributed by atoms with Gasteiger partial charge in [-0.15, -0.1) is 0 Å². The standard InChI is InChI=1S/C13H7Cl2F3N2O/c14-8-2-5(19)1-7(11(8)15)13(21)20-6-3-9(16)12(18)10(17)4-6/h1-4H,19H2,(H,20,21). The van der Waals surface area contributed by atoms with E-state index >= 15 is 0 Å². The minimum atomic E-state index is -1.63. The molecule has 0 heterocycles. The summed E-state index contributed by atoms with van der Waals surface area (Å²) in [6.45, 7) is 0. The van der Waals surface area contributed by atoms with Crippen LogP contribution < -0.4 is 11.1 Å². The molecule has 2 aromatic rings. The minimum Gasteiger partial charge on any atom is -0.399 e. The average molecular weight is 335 g/mol. The van der Waals surface area contributed by atoms with Crippen molar-refractivity contribution in [2.45, 2.75) is 0 Å². The third-order valence-electron chi connectivity index (χ3n) is 2.54. The Morgan fingerprint density at radius 2 is 1.62 bits per heavy atom. The first-order valence-electron chi connectivity index (χ1n) is 5.50. The molecule has 0 aliphatic heterocycles. The van der Waals surface area contributed by atoms with E-state index in [1.165, 1.54) is 12.1 Å². The first kappa shape index (κ1) is 15.5. The molecule has 0 saturated heterocycles. The van der Waals surface area contributed by atoms with Crippen LogP contribution in [0.5, 0.6) is 0 Å². The summed E-state index contributed by atoms with van der Waals surface area (Å²) in [4.78, 5) is 12.0. The Bertz CT molecular complexity index is 715. The molecule has 2 aromatic carbocycles. The second kappa shape index (κ2) is 5.83. The van der Waals surface area contributed by atoms with Crippen LogP contribution in [-0.4, -0.2) is 5.91 Å². The normalized spacial score (nSPS) is 10.5. The summed E-state index contributed by atoms with van der Waals surface area (Å²) in [5.74, 6) is -5.28. The van der Waals surface area contributed by atoms with Gasteiger partial charge in [0.05, 0.1) is 15.6 Å². The fourth-order valence-electron chi connectivity index (χ4n) is 1.60. The summed E-state index contributed by atoms with van der Waals surface area (Å²) in [6.07, 6.45) is 0. The number of amides is 1. The number of carbonyl (C=O) groups is 1. The highest BCUT2D eigenvalue weighted by Crippen LogP contribution is 2.29. The lowest BCUT2D eigenvalue weighted by atomic mass is 10.1. The van der Waals surface area contributed by atoms with E-state index in [-0.39, 0.29) is 27.0 Å². The summed E-state index contributed by atoms with van der Waals surface area (Å²) in [6, 6.07) is 3.87. The molecule has 3 nitrogen and oxygen atoms in total. The first-order chi connectivity index (χ1) is 9.79. The van der Waals surface area contributed by atoms with E-state index in [4.69, 9.17) is 28.9 Å². The van der Waals surface area contributed by atoms with Crippen molar-refractivity contribution >= 4 is 40.5 Å². The molecule has 0 aromatic heterocycles. The fourth-order valence-corrected chi connectivity index (χ4v) is 2.02. The summed E-state index contributed by atoms with van der Waals surface area (Å²) in [5.41, 5.74) is 5.37. The Labute approximate surface area is 127 Å². The predicted molar refractivity (Wildman–Crippen MR) is 75.1 cm³/mol. The van der Waals surface area contributed by atoms with E-state index in [2.05, 4.69) is 5.32 Å². The summed E-state index contributed by atoms with van der Waals surface area (Å²) in [7, 11) is 0. The Balaban J connectivity index is 2.35. The number of nitrogen functional groups attached to an aromatic ring is 1. The van der Waals surface area contributed by atoms with Gasteiger partial charge in [0.1, 0.15) is 0 Å². The van der Waals surface area contributed by atoms with Crippen LogP contribution in [0.2, 0.25) is 10.0 Å². The highest BCUT2D eigenvalue weighted by atomic mass is 35.5. The lowest BCUT2D eigenvalue weighted by Crippen LogP contribution is -2.14. The van der Waals surface area contributed by atoms with Crippen LogP contribution in [-0.2, 0) is 0 Å². The van der Waals surface area contributed by atoms with Gasteiger partial charge in [0.25, 0.3) is 5.91 Å². The molecule has 0 radical (unpaired) electrons. The molecule has 21 heavy (non-hydrogen) atoms. The third-order valence-corrected chi connectivity index (χ3v) is 3.34. The molecule has 3 N–H and O–H groups in total. The zero-order valence-corrected chi connectivity index (χ0v) is 11.7. The zero-order valence-electron chi connectivity index (χ0n) is 10.2. The second-order valence-electron chi connectivity index (χ2n) is 4.07. The molecular weight excluding hydrogens is 328 g/mol. The highest BCUT2D eigenvalue weighted by Gasteiger charge is 2.17. The molecule has 1 amide bonds. The number of hydrogen-bond acceptors (Lipinski definition) is 2. The number of halogens is 5. The second-order valence-corrected chi connectivity index (χ2v) is 4.86. The number of carbonyl (C=O) groups excluding carboxylic acids is 1. The van der Waals surface area contributed by atoms with Crippen molar-refractivity contribution in [3.63, 3.8) is 0 Å².